The van der Waals surface area contributed by atoms with Gasteiger partial charge in [0.05, 0.1) is 12.6 Å². The Kier molecular flexibility index (Phi) is 5.02. The van der Waals surface area contributed by atoms with Gasteiger partial charge >= 0.3 is 0 Å². The molecule has 0 bridgehead atoms. The fourth-order valence-corrected chi connectivity index (χ4v) is 3.10. The van der Waals surface area contributed by atoms with Crippen LogP contribution < -0.4 is 10.1 Å². The molecule has 4 nitrogen and oxygen atoms in total. The van der Waals surface area contributed by atoms with Gasteiger partial charge in [0, 0.05) is 29.3 Å². The molecule has 4 rings (SSSR count). The lowest BCUT2D eigenvalue weighted by Crippen LogP contribution is -2.22. The molecule has 0 saturated heterocycles. The maximum Gasteiger partial charge on any atom is 0.251 e. The first-order chi connectivity index (χ1) is 13.7. The molecule has 3 aromatic carbocycles. The molecular formula is C24H20N2O2. The van der Waals surface area contributed by atoms with Crippen LogP contribution in [-0.4, -0.2) is 18.0 Å². The van der Waals surface area contributed by atoms with Crippen LogP contribution in [0, 0.1) is 0 Å². The molecule has 0 aliphatic heterocycles. The van der Waals surface area contributed by atoms with E-state index in [1.807, 2.05) is 79.0 Å². The number of pyridine rings is 1. The smallest absolute Gasteiger partial charge is 0.251 e. The molecule has 0 saturated carbocycles. The monoisotopic (exact) mass is 368 g/mol. The van der Waals surface area contributed by atoms with Gasteiger partial charge in [-0.2, -0.15) is 0 Å². The van der Waals surface area contributed by atoms with Crippen molar-refractivity contribution in [3.63, 3.8) is 0 Å². The Morgan fingerprint density at radius 2 is 1.75 bits per heavy atom. The lowest BCUT2D eigenvalue weighted by molar-refractivity contribution is 0.0951. The molecule has 0 unspecified atom stereocenters. The molecule has 0 fully saturated rings. The second-order valence-electron chi connectivity index (χ2n) is 6.53. The number of methoxy groups -OCH3 is 1. The van der Waals surface area contributed by atoms with Crippen molar-refractivity contribution in [3.05, 3.63) is 96.2 Å². The standard InChI is InChI=1S/C24H20N2O2/c1-28-22-11-9-17(10-12-22)15-26-24(27)20-7-4-6-18(13-20)21-14-19-5-2-3-8-23(19)25-16-21/h2-14,16H,15H2,1H3,(H,26,27). The highest BCUT2D eigenvalue weighted by atomic mass is 16.5. The van der Waals surface area contributed by atoms with Gasteiger partial charge in [0.25, 0.3) is 5.91 Å². The first kappa shape index (κ1) is 17.7. The number of nitrogens with one attached hydrogen (secondary N) is 1. The molecule has 0 spiro atoms. The van der Waals surface area contributed by atoms with Gasteiger partial charge in [-0.25, -0.2) is 0 Å². The first-order valence-corrected chi connectivity index (χ1v) is 9.09. The molecule has 0 aliphatic carbocycles. The number of carbonyl (C=O) groups is 1. The van der Waals surface area contributed by atoms with Crippen molar-refractivity contribution in [3.8, 4) is 16.9 Å². The number of aromatic nitrogens is 1. The van der Waals surface area contributed by atoms with E-state index in [4.69, 9.17) is 4.74 Å². The van der Waals surface area contributed by atoms with Crippen molar-refractivity contribution < 1.29 is 9.53 Å². The quantitative estimate of drug-likeness (QED) is 0.548. The number of hydrogen-bond acceptors (Lipinski definition) is 3. The topological polar surface area (TPSA) is 51.2 Å². The molecule has 1 amide bonds. The van der Waals surface area contributed by atoms with Crippen molar-refractivity contribution in [1.82, 2.24) is 10.3 Å². The molecular weight excluding hydrogens is 348 g/mol. The number of fused-ring (bicyclic) bond motifs is 1. The summed E-state index contributed by atoms with van der Waals surface area (Å²) in [6.45, 7) is 0.463. The zero-order valence-corrected chi connectivity index (χ0v) is 15.6. The van der Waals surface area contributed by atoms with Gasteiger partial charge in [-0.1, -0.05) is 42.5 Å². The molecule has 0 radical (unpaired) electrons. The van der Waals surface area contributed by atoms with E-state index >= 15 is 0 Å². The molecule has 138 valence electrons. The number of rotatable bonds is 5. The highest BCUT2D eigenvalue weighted by Crippen LogP contribution is 2.23. The van der Waals surface area contributed by atoms with E-state index in [9.17, 15) is 4.79 Å². The summed E-state index contributed by atoms with van der Waals surface area (Å²) in [6, 6.07) is 25.3. The van der Waals surface area contributed by atoms with E-state index < -0.39 is 0 Å². The van der Waals surface area contributed by atoms with Crippen molar-refractivity contribution in [2.45, 2.75) is 6.54 Å². The van der Waals surface area contributed by atoms with Crippen LogP contribution in [0.4, 0.5) is 0 Å². The highest BCUT2D eigenvalue weighted by molar-refractivity contribution is 5.95. The zero-order valence-electron chi connectivity index (χ0n) is 15.6. The number of ether oxygens (including phenoxy) is 1. The Morgan fingerprint density at radius 3 is 2.57 bits per heavy atom. The number of hydrogen-bond donors (Lipinski definition) is 1. The molecule has 1 aromatic heterocycles. The number of para-hydroxylation sites is 1. The molecule has 0 aliphatic rings. The van der Waals surface area contributed by atoms with E-state index in [1.54, 1.807) is 7.11 Å². The predicted octanol–water partition coefficient (Wildman–Crippen LogP) is 4.84. The van der Waals surface area contributed by atoms with E-state index in [-0.39, 0.29) is 5.91 Å². The number of carbonyl (C=O) groups excluding carboxylic acids is 1. The van der Waals surface area contributed by atoms with Crippen LogP contribution in [-0.2, 0) is 6.54 Å². The van der Waals surface area contributed by atoms with Crippen LogP contribution >= 0.6 is 0 Å². The highest BCUT2D eigenvalue weighted by Gasteiger charge is 2.08. The Bertz CT molecular complexity index is 1120. The van der Waals surface area contributed by atoms with Crippen molar-refractivity contribution in [1.29, 1.82) is 0 Å². The SMILES string of the molecule is COc1ccc(CNC(=O)c2cccc(-c3cnc4ccccc4c3)c2)cc1. The minimum absolute atomic E-state index is 0.105. The van der Waals surface area contributed by atoms with Gasteiger partial charge in [-0.3, -0.25) is 9.78 Å². The maximum absolute atomic E-state index is 12.6. The third-order valence-electron chi connectivity index (χ3n) is 4.66. The second-order valence-corrected chi connectivity index (χ2v) is 6.53. The van der Waals surface area contributed by atoms with Crippen LogP contribution in [0.25, 0.3) is 22.0 Å². The molecule has 4 aromatic rings. The van der Waals surface area contributed by atoms with Crippen molar-refractivity contribution >= 4 is 16.8 Å². The number of amides is 1. The zero-order chi connectivity index (χ0) is 19.3. The summed E-state index contributed by atoms with van der Waals surface area (Å²) in [5.74, 6) is 0.693. The summed E-state index contributed by atoms with van der Waals surface area (Å²) < 4.78 is 5.15. The molecule has 0 atom stereocenters. The fourth-order valence-electron chi connectivity index (χ4n) is 3.10. The van der Waals surface area contributed by atoms with E-state index in [0.717, 1.165) is 33.3 Å². The van der Waals surface area contributed by atoms with Crippen molar-refractivity contribution in [2.75, 3.05) is 7.11 Å². The Hall–Kier alpha value is -3.66. The lowest BCUT2D eigenvalue weighted by atomic mass is 10.0. The van der Waals surface area contributed by atoms with Gasteiger partial charge < -0.3 is 10.1 Å². The molecule has 1 heterocycles. The number of benzene rings is 3. The van der Waals surface area contributed by atoms with Crippen LogP contribution in [0.3, 0.4) is 0 Å². The average molecular weight is 368 g/mol. The summed E-state index contributed by atoms with van der Waals surface area (Å²) in [5.41, 5.74) is 4.56. The third kappa shape index (κ3) is 3.86. The van der Waals surface area contributed by atoms with Crippen LogP contribution in [0.2, 0.25) is 0 Å². The average Bonchev–Trinajstić information content (AvgIpc) is 2.77. The summed E-state index contributed by atoms with van der Waals surface area (Å²) in [7, 11) is 1.63. The molecule has 1 N–H and O–H groups in total. The van der Waals surface area contributed by atoms with Gasteiger partial charge in [0.1, 0.15) is 5.75 Å². The molecule has 4 heteroatoms. The maximum atomic E-state index is 12.6. The van der Waals surface area contributed by atoms with Crippen molar-refractivity contribution in [2.24, 2.45) is 0 Å². The first-order valence-electron chi connectivity index (χ1n) is 9.09. The minimum atomic E-state index is -0.105. The normalized spacial score (nSPS) is 10.6. The van der Waals surface area contributed by atoms with Crippen LogP contribution in [0.15, 0.2) is 85.1 Å². The third-order valence-corrected chi connectivity index (χ3v) is 4.66. The summed E-state index contributed by atoms with van der Waals surface area (Å²) >= 11 is 0. The van der Waals surface area contributed by atoms with Gasteiger partial charge in [0.2, 0.25) is 0 Å². The van der Waals surface area contributed by atoms with E-state index in [0.29, 0.717) is 12.1 Å². The van der Waals surface area contributed by atoms with Gasteiger partial charge in [-0.15, -0.1) is 0 Å². The fraction of sp³-hybridized carbons (Fsp3) is 0.0833. The Balaban J connectivity index is 1.51. The summed E-state index contributed by atoms with van der Waals surface area (Å²) in [4.78, 5) is 17.1. The van der Waals surface area contributed by atoms with Gasteiger partial charge in [0.15, 0.2) is 0 Å². The summed E-state index contributed by atoms with van der Waals surface area (Å²) in [6.07, 6.45) is 1.84. The minimum Gasteiger partial charge on any atom is -0.497 e. The Labute approximate surface area is 163 Å². The molecule has 28 heavy (non-hydrogen) atoms. The van der Waals surface area contributed by atoms with E-state index in [1.165, 1.54) is 0 Å². The summed E-state index contributed by atoms with van der Waals surface area (Å²) in [5, 5.41) is 4.04. The second kappa shape index (κ2) is 7.92. The lowest BCUT2D eigenvalue weighted by Gasteiger charge is -2.08. The van der Waals surface area contributed by atoms with Crippen LogP contribution in [0.1, 0.15) is 15.9 Å². The predicted molar refractivity (Wildman–Crippen MR) is 111 cm³/mol. The van der Waals surface area contributed by atoms with Crippen LogP contribution in [0.5, 0.6) is 5.75 Å². The van der Waals surface area contributed by atoms with Gasteiger partial charge in [-0.05, 0) is 47.5 Å². The number of nitrogens with zero attached hydrogens (tertiary/aromatic N) is 1. The Morgan fingerprint density at radius 1 is 0.929 bits per heavy atom. The largest absolute Gasteiger partial charge is 0.497 e. The van der Waals surface area contributed by atoms with E-state index in [2.05, 4.69) is 16.4 Å².